The fourth-order valence-electron chi connectivity index (χ4n) is 3.14. The van der Waals surface area contributed by atoms with E-state index in [0.29, 0.717) is 25.9 Å². The fourth-order valence-corrected chi connectivity index (χ4v) is 3.14. The predicted molar refractivity (Wildman–Crippen MR) is 109 cm³/mol. The number of benzene rings is 2. The molecule has 1 fully saturated rings. The molecule has 1 aliphatic rings. The summed E-state index contributed by atoms with van der Waals surface area (Å²) in [6.45, 7) is 3.58. The van der Waals surface area contributed by atoms with Gasteiger partial charge < -0.3 is 20.1 Å². The molecule has 1 unspecified atom stereocenters. The van der Waals surface area contributed by atoms with Gasteiger partial charge in [-0.25, -0.2) is 0 Å². The lowest BCUT2D eigenvalue weighted by Crippen LogP contribution is -2.40. The van der Waals surface area contributed by atoms with Crippen LogP contribution >= 0.6 is 0 Å². The second-order valence-electron chi connectivity index (χ2n) is 6.69. The molecule has 2 N–H and O–H groups in total. The molecule has 3 rings (SSSR count). The molecule has 144 valence electrons. The summed E-state index contributed by atoms with van der Waals surface area (Å²) in [5.74, 6) is 0.797. The third-order valence-corrected chi connectivity index (χ3v) is 4.68. The van der Waals surface area contributed by atoms with Crippen LogP contribution in [0.15, 0.2) is 59.6 Å². The van der Waals surface area contributed by atoms with Crippen molar-refractivity contribution in [2.75, 3.05) is 20.2 Å². The molecule has 2 aromatic rings. The molecule has 1 aliphatic heterocycles. The van der Waals surface area contributed by atoms with Gasteiger partial charge in [0.2, 0.25) is 0 Å². The van der Waals surface area contributed by atoms with Crippen LogP contribution in [0.25, 0.3) is 0 Å². The summed E-state index contributed by atoms with van der Waals surface area (Å²) in [6, 6.07) is 18.6. The summed E-state index contributed by atoms with van der Waals surface area (Å²) in [4.78, 5) is 4.30. The molecule has 0 radical (unpaired) electrons. The van der Waals surface area contributed by atoms with Crippen molar-refractivity contribution in [2.24, 2.45) is 4.99 Å². The van der Waals surface area contributed by atoms with E-state index in [2.05, 4.69) is 52.0 Å². The zero-order valence-electron chi connectivity index (χ0n) is 16.0. The smallest absolute Gasteiger partial charge is 0.191 e. The number of rotatable bonds is 8. The summed E-state index contributed by atoms with van der Waals surface area (Å²) >= 11 is 0. The molecule has 0 amide bonds. The topological polar surface area (TPSA) is 54.9 Å². The lowest BCUT2D eigenvalue weighted by atomic mass is 10.1. The Morgan fingerprint density at radius 2 is 1.81 bits per heavy atom. The van der Waals surface area contributed by atoms with E-state index in [4.69, 9.17) is 9.47 Å². The Balaban J connectivity index is 1.47. The van der Waals surface area contributed by atoms with Crippen LogP contribution in [-0.4, -0.2) is 32.3 Å². The average molecular weight is 367 g/mol. The molecule has 5 nitrogen and oxygen atoms in total. The fraction of sp³-hybridized carbons (Fsp3) is 0.409. The van der Waals surface area contributed by atoms with Gasteiger partial charge in [-0.15, -0.1) is 0 Å². The molecule has 27 heavy (non-hydrogen) atoms. The zero-order valence-corrected chi connectivity index (χ0v) is 16.0. The molecular formula is C22H29N3O2. The Bertz CT molecular complexity index is 713. The summed E-state index contributed by atoms with van der Waals surface area (Å²) in [6.07, 6.45) is 2.56. The van der Waals surface area contributed by atoms with Gasteiger partial charge in [0.1, 0.15) is 0 Å². The number of ether oxygens (including phenoxy) is 2. The third-order valence-electron chi connectivity index (χ3n) is 4.68. The maximum Gasteiger partial charge on any atom is 0.191 e. The Hall–Kier alpha value is -2.37. The van der Waals surface area contributed by atoms with E-state index in [9.17, 15) is 0 Å². The molecule has 0 spiro atoms. The van der Waals surface area contributed by atoms with E-state index >= 15 is 0 Å². The van der Waals surface area contributed by atoms with Gasteiger partial charge in [-0.05, 0) is 29.5 Å². The molecular weight excluding hydrogens is 338 g/mol. The average Bonchev–Trinajstić information content (AvgIpc) is 3.23. The molecule has 0 saturated carbocycles. The standard InChI is InChI=1S/C22H29N3O2/c1-23-22(25-15-21-12-7-13-27-21)24-14-19-10-5-6-11-20(19)17-26-16-18-8-3-2-4-9-18/h2-6,8-11,21H,7,12-17H2,1H3,(H2,23,24,25). The van der Waals surface area contributed by atoms with E-state index in [0.717, 1.165) is 32.0 Å². The molecule has 0 aliphatic carbocycles. The maximum atomic E-state index is 5.90. The Kier molecular flexibility index (Phi) is 7.69. The van der Waals surface area contributed by atoms with Gasteiger partial charge in [-0.2, -0.15) is 0 Å². The lowest BCUT2D eigenvalue weighted by Gasteiger charge is -2.16. The first kappa shape index (κ1) is 19.4. The number of aliphatic imine (C=N–C) groups is 1. The Morgan fingerprint density at radius 1 is 1.04 bits per heavy atom. The van der Waals surface area contributed by atoms with Crippen LogP contribution in [0, 0.1) is 0 Å². The van der Waals surface area contributed by atoms with Crippen molar-refractivity contribution in [3.8, 4) is 0 Å². The van der Waals surface area contributed by atoms with Crippen LogP contribution in [0.1, 0.15) is 29.5 Å². The van der Waals surface area contributed by atoms with Gasteiger partial charge in [-0.3, -0.25) is 4.99 Å². The summed E-state index contributed by atoms with van der Waals surface area (Å²) < 4.78 is 11.6. The highest BCUT2D eigenvalue weighted by molar-refractivity contribution is 5.79. The molecule has 1 heterocycles. The first-order chi connectivity index (χ1) is 13.3. The van der Waals surface area contributed by atoms with Crippen LogP contribution in [0.3, 0.4) is 0 Å². The van der Waals surface area contributed by atoms with Gasteiger partial charge in [-0.1, -0.05) is 54.6 Å². The van der Waals surface area contributed by atoms with Crippen molar-refractivity contribution in [3.05, 3.63) is 71.3 Å². The molecule has 5 heteroatoms. The zero-order chi connectivity index (χ0) is 18.7. The van der Waals surface area contributed by atoms with Gasteiger partial charge >= 0.3 is 0 Å². The van der Waals surface area contributed by atoms with E-state index in [1.807, 2.05) is 18.2 Å². The number of nitrogens with zero attached hydrogens (tertiary/aromatic N) is 1. The van der Waals surface area contributed by atoms with Crippen molar-refractivity contribution in [3.63, 3.8) is 0 Å². The van der Waals surface area contributed by atoms with Crippen LogP contribution in [-0.2, 0) is 29.2 Å². The molecule has 1 saturated heterocycles. The maximum absolute atomic E-state index is 5.90. The van der Waals surface area contributed by atoms with Crippen molar-refractivity contribution in [1.82, 2.24) is 10.6 Å². The summed E-state index contributed by atoms with van der Waals surface area (Å²) in [5.41, 5.74) is 3.59. The SMILES string of the molecule is CN=C(NCc1ccccc1COCc1ccccc1)NCC1CCCO1. The second-order valence-corrected chi connectivity index (χ2v) is 6.69. The predicted octanol–water partition coefficient (Wildman–Crippen LogP) is 3.25. The first-order valence-electron chi connectivity index (χ1n) is 9.59. The highest BCUT2D eigenvalue weighted by atomic mass is 16.5. The van der Waals surface area contributed by atoms with E-state index in [1.165, 1.54) is 16.7 Å². The van der Waals surface area contributed by atoms with Crippen molar-refractivity contribution >= 4 is 5.96 Å². The Morgan fingerprint density at radius 3 is 2.56 bits per heavy atom. The summed E-state index contributed by atoms with van der Waals surface area (Å²) in [7, 11) is 1.79. The largest absolute Gasteiger partial charge is 0.376 e. The minimum atomic E-state index is 0.294. The van der Waals surface area contributed by atoms with E-state index in [1.54, 1.807) is 7.05 Å². The number of nitrogens with one attached hydrogen (secondary N) is 2. The van der Waals surface area contributed by atoms with Crippen molar-refractivity contribution in [1.29, 1.82) is 0 Å². The van der Waals surface area contributed by atoms with Crippen LogP contribution in [0.5, 0.6) is 0 Å². The molecule has 0 bridgehead atoms. The molecule has 0 aromatic heterocycles. The van der Waals surface area contributed by atoms with Gasteiger partial charge in [0.25, 0.3) is 0 Å². The second kappa shape index (κ2) is 10.7. The highest BCUT2D eigenvalue weighted by Gasteiger charge is 2.15. The summed E-state index contributed by atoms with van der Waals surface area (Å²) in [5, 5.41) is 6.73. The monoisotopic (exact) mass is 367 g/mol. The van der Waals surface area contributed by atoms with Crippen LogP contribution in [0.2, 0.25) is 0 Å². The first-order valence-corrected chi connectivity index (χ1v) is 9.59. The number of guanidine groups is 1. The normalized spacial score (nSPS) is 17.1. The minimum absolute atomic E-state index is 0.294. The number of hydrogen-bond acceptors (Lipinski definition) is 3. The van der Waals surface area contributed by atoms with Crippen LogP contribution < -0.4 is 10.6 Å². The highest BCUT2D eigenvalue weighted by Crippen LogP contribution is 2.12. The van der Waals surface area contributed by atoms with Crippen molar-refractivity contribution in [2.45, 2.75) is 38.7 Å². The van der Waals surface area contributed by atoms with E-state index < -0.39 is 0 Å². The molecule has 1 atom stereocenters. The minimum Gasteiger partial charge on any atom is -0.376 e. The molecule has 2 aromatic carbocycles. The Labute approximate surface area is 161 Å². The quantitative estimate of drug-likeness (QED) is 0.555. The van der Waals surface area contributed by atoms with Crippen molar-refractivity contribution < 1.29 is 9.47 Å². The lowest BCUT2D eigenvalue weighted by molar-refractivity contribution is 0.106. The van der Waals surface area contributed by atoms with Gasteiger partial charge in [0.15, 0.2) is 5.96 Å². The van der Waals surface area contributed by atoms with Gasteiger partial charge in [0, 0.05) is 26.7 Å². The van der Waals surface area contributed by atoms with E-state index in [-0.39, 0.29) is 0 Å². The van der Waals surface area contributed by atoms with Gasteiger partial charge in [0.05, 0.1) is 19.3 Å². The number of hydrogen-bond donors (Lipinski definition) is 2. The van der Waals surface area contributed by atoms with Crippen LogP contribution in [0.4, 0.5) is 0 Å². The third kappa shape index (κ3) is 6.38.